The number of carbonyl (C=O) groups is 2. The summed E-state index contributed by atoms with van der Waals surface area (Å²) in [5, 5.41) is 24.0. The second kappa shape index (κ2) is 13.1. The van der Waals surface area contributed by atoms with Gasteiger partial charge in [0.05, 0.1) is 37.1 Å². The number of ketones is 1. The second-order valence-corrected chi connectivity index (χ2v) is 13.0. The van der Waals surface area contributed by atoms with Crippen LogP contribution in [0.25, 0.3) is 5.57 Å². The van der Waals surface area contributed by atoms with Crippen LogP contribution in [0.3, 0.4) is 0 Å². The molecule has 0 radical (unpaired) electrons. The van der Waals surface area contributed by atoms with E-state index in [1.165, 1.54) is 6.07 Å². The minimum absolute atomic E-state index is 0. The number of allylic oxidation sites excluding steroid dienone is 5. The van der Waals surface area contributed by atoms with Crippen LogP contribution in [-0.4, -0.2) is 11.8 Å². The molecule has 0 aromatic heterocycles. The Morgan fingerprint density at radius 2 is 1.51 bits per heavy atom. The zero-order chi connectivity index (χ0) is 24.5. The molecule has 1 unspecified atom stereocenters. The maximum absolute atomic E-state index is 12.8. The molecule has 4 nitrogen and oxygen atoms in total. The zero-order valence-corrected chi connectivity index (χ0v) is 33.1. The third kappa shape index (κ3) is 5.87. The molecule has 0 bridgehead atoms. The minimum Gasteiger partial charge on any atom is -0.872 e. The first-order valence-electron chi connectivity index (χ1n) is 8.67. The van der Waals surface area contributed by atoms with E-state index < -0.39 is 11.5 Å². The van der Waals surface area contributed by atoms with Crippen LogP contribution in [0.4, 0.5) is 0 Å². The number of Topliss-reactive ketones (excluding diaryl/α,β-unsaturated/α-hetero) is 1. The van der Waals surface area contributed by atoms with E-state index in [-0.39, 0.29) is 100 Å². The fourth-order valence-electron chi connectivity index (χ4n) is 3.69. The van der Waals surface area contributed by atoms with Crippen LogP contribution < -0.4 is 69.3 Å². The summed E-state index contributed by atoms with van der Waals surface area (Å²) < 4.78 is 0.979. The van der Waals surface area contributed by atoms with Gasteiger partial charge in [-0.1, -0.05) is 80.8 Å². The number of halogens is 8. The monoisotopic (exact) mass is 1010 g/mol. The number of carboxylic acids is 1. The number of carbonyl (C=O) groups excluding carboxylic acids is 2. The van der Waals surface area contributed by atoms with Crippen molar-refractivity contribution in [2.45, 2.75) is 3.92 Å². The summed E-state index contributed by atoms with van der Waals surface area (Å²) in [4.78, 5) is 25.0. The topological polar surface area (TPSA) is 80.3 Å². The zero-order valence-electron chi connectivity index (χ0n) is 17.5. The Morgan fingerprint density at radius 3 is 2.09 bits per heavy atom. The fourth-order valence-corrected chi connectivity index (χ4v) is 8.93. The van der Waals surface area contributed by atoms with Gasteiger partial charge in [0, 0.05) is 14.7 Å². The summed E-state index contributed by atoms with van der Waals surface area (Å²) in [5.41, 5.74) is 2.40. The first-order valence-corrected chi connectivity index (χ1v) is 14.7. The average molecular weight is 1020 g/mol. The molecular weight excluding hydrogens is 1010 g/mol. The number of fused-ring (bicyclic) bond motifs is 2. The van der Waals surface area contributed by atoms with Crippen molar-refractivity contribution in [1.29, 1.82) is 0 Å². The summed E-state index contributed by atoms with van der Waals surface area (Å²) >= 11 is 33.4. The third-order valence-electron chi connectivity index (χ3n) is 5.10. The summed E-state index contributed by atoms with van der Waals surface area (Å²) in [5.74, 6) is -1.95. The van der Waals surface area contributed by atoms with Gasteiger partial charge in [0.25, 0.3) is 0 Å². The molecule has 0 fully saturated rings. The van der Waals surface area contributed by atoms with Crippen molar-refractivity contribution in [2.24, 2.45) is 0 Å². The molecule has 0 saturated heterocycles. The quantitative estimate of drug-likeness (QED) is 0.149. The van der Waals surface area contributed by atoms with Crippen molar-refractivity contribution in [3.8, 4) is 5.75 Å². The number of benzene rings is 2. The van der Waals surface area contributed by atoms with Crippen molar-refractivity contribution in [2.75, 3.05) is 0 Å². The van der Waals surface area contributed by atoms with Crippen molar-refractivity contribution < 1.29 is 78.9 Å². The number of carboxylic acid groups (broad SMARTS) is 1. The van der Waals surface area contributed by atoms with Crippen molar-refractivity contribution in [3.05, 3.63) is 82.4 Å². The van der Waals surface area contributed by atoms with Crippen LogP contribution in [0.1, 0.15) is 31.0 Å². The van der Waals surface area contributed by atoms with Crippen LogP contribution in [-0.2, 0) is 4.79 Å². The molecule has 4 rings (SSSR count). The van der Waals surface area contributed by atoms with Crippen LogP contribution in [0.5, 0.6) is 5.75 Å². The molecule has 0 aliphatic heterocycles. The largest absolute Gasteiger partial charge is 1.00 e. The van der Waals surface area contributed by atoms with Crippen molar-refractivity contribution in [3.63, 3.8) is 0 Å². The first kappa shape index (κ1) is 33.9. The normalized spacial score (nSPS) is 16.7. The molecule has 170 valence electrons. The molecule has 0 heterocycles. The molecule has 0 amide bonds. The Labute approximate surface area is 319 Å². The predicted octanol–water partition coefficient (Wildman–Crippen LogP) is 1.23. The van der Waals surface area contributed by atoms with Gasteiger partial charge >= 0.3 is 59.1 Å². The van der Waals surface area contributed by atoms with Gasteiger partial charge in [-0.3, -0.25) is 4.79 Å². The van der Waals surface area contributed by atoms with E-state index in [1.54, 1.807) is 12.1 Å². The van der Waals surface area contributed by atoms with E-state index in [2.05, 4.69) is 22.6 Å². The molecule has 2 aliphatic rings. The van der Waals surface area contributed by atoms with Gasteiger partial charge < -0.3 is 15.0 Å². The van der Waals surface area contributed by atoms with E-state index in [1.807, 2.05) is 67.8 Å². The number of hydrogen-bond acceptors (Lipinski definition) is 4. The smallest absolute Gasteiger partial charge is 0.872 e. The standard InChI is InChI=1S/C21H6Cl4I4O4.2Na/c22-14-12(13(21(32)33)15(23)17(25)16(14)24)10-4-1-7(26)9(30)3-5(4)18(28)11-6(10)2-8(27)20(31)19(11)29;;/h1-3,18,30H,(H,32,33);;/q;2*+1/p-2. The molecule has 14 heteroatoms. The summed E-state index contributed by atoms with van der Waals surface area (Å²) in [6.45, 7) is 0. The SMILES string of the molecule is O=C1C(I)=CC2=C(c3c(Cl)c(Cl)c(Cl)c(Cl)c3C(=O)[O-])c3cc(I)c([O-])cc3C(I)C2=C1I.[Na+].[Na+]. The van der Waals surface area contributed by atoms with Gasteiger partial charge in [0.1, 0.15) is 0 Å². The Balaban J connectivity index is 0.00000216. The third-order valence-corrected chi connectivity index (χ3v) is 10.9. The first-order chi connectivity index (χ1) is 15.4. The van der Waals surface area contributed by atoms with Gasteiger partial charge in [-0.15, -0.1) is 0 Å². The van der Waals surface area contributed by atoms with Crippen molar-refractivity contribution in [1.82, 2.24) is 0 Å². The van der Waals surface area contributed by atoms with Gasteiger partial charge in [0.15, 0.2) is 0 Å². The van der Waals surface area contributed by atoms with E-state index in [0.29, 0.717) is 38.6 Å². The van der Waals surface area contributed by atoms with Crippen molar-refractivity contribution >= 4 is 154 Å². The van der Waals surface area contributed by atoms with Crippen LogP contribution in [0, 0.1) is 3.57 Å². The number of rotatable bonds is 2. The molecule has 2 aliphatic carbocycles. The maximum atomic E-state index is 12.8. The van der Waals surface area contributed by atoms with Gasteiger partial charge in [-0.2, -0.15) is 0 Å². The molecule has 0 spiro atoms. The molecule has 35 heavy (non-hydrogen) atoms. The number of alkyl halides is 1. The molecule has 1 atom stereocenters. The summed E-state index contributed by atoms with van der Waals surface area (Å²) in [7, 11) is 0. The molecule has 2 aromatic rings. The van der Waals surface area contributed by atoms with E-state index in [0.717, 1.165) is 0 Å². The van der Waals surface area contributed by atoms with Crippen LogP contribution in [0.2, 0.25) is 20.1 Å². The molecule has 0 N–H and O–H groups in total. The van der Waals surface area contributed by atoms with E-state index in [9.17, 15) is 19.8 Å². The number of hydrogen-bond donors (Lipinski definition) is 0. The Hall–Kier alpha value is 2.68. The fraction of sp³-hybridized carbons (Fsp3) is 0.0476. The molecule has 2 aromatic carbocycles. The second-order valence-electron chi connectivity index (χ2n) is 6.86. The minimum atomic E-state index is -1.59. The van der Waals surface area contributed by atoms with Gasteiger partial charge in [0.2, 0.25) is 5.78 Å². The summed E-state index contributed by atoms with van der Waals surface area (Å²) in [6.07, 6.45) is 1.67. The van der Waals surface area contributed by atoms with Gasteiger partial charge in [-0.05, 0) is 108 Å². The Bertz CT molecular complexity index is 1420. The van der Waals surface area contributed by atoms with Gasteiger partial charge in [-0.25, -0.2) is 0 Å². The Morgan fingerprint density at radius 1 is 0.943 bits per heavy atom. The average Bonchev–Trinajstić information content (AvgIpc) is 2.75. The van der Waals surface area contributed by atoms with Crippen LogP contribution >= 0.6 is 137 Å². The van der Waals surface area contributed by atoms with Crippen LogP contribution in [0.15, 0.2) is 36.5 Å². The Kier molecular flexibility index (Phi) is 12.7. The molecule has 0 saturated carbocycles. The predicted molar refractivity (Wildman–Crippen MR) is 160 cm³/mol. The van der Waals surface area contributed by atoms with E-state index >= 15 is 0 Å². The van der Waals surface area contributed by atoms with E-state index in [4.69, 9.17) is 46.4 Å². The maximum Gasteiger partial charge on any atom is 1.00 e. The molecular formula is C21H4Cl4I4Na2O4. The summed E-state index contributed by atoms with van der Waals surface area (Å²) in [6, 6.07) is 3.15. The number of aromatic carboxylic acids is 1.